The Balaban J connectivity index is 2.19. The van der Waals surface area contributed by atoms with Gasteiger partial charge in [-0.15, -0.1) is 0 Å². The Kier molecular flexibility index (Phi) is 4.43. The lowest BCUT2D eigenvalue weighted by Crippen LogP contribution is -2.45. The van der Waals surface area contributed by atoms with Crippen molar-refractivity contribution in [2.75, 3.05) is 6.61 Å². The first-order valence-corrected chi connectivity index (χ1v) is 8.13. The predicted molar refractivity (Wildman–Crippen MR) is 75.5 cm³/mol. The highest BCUT2D eigenvalue weighted by Crippen LogP contribution is 2.25. The molecule has 0 aromatic carbocycles. The van der Waals surface area contributed by atoms with Gasteiger partial charge in [0, 0.05) is 25.4 Å². The minimum Gasteiger partial charge on any atom is -0.375 e. The molecular weight excluding hydrogens is 278 g/mol. The average Bonchev–Trinajstić information content (AvgIpc) is 2.37. The van der Waals surface area contributed by atoms with Gasteiger partial charge in [-0.3, -0.25) is 4.98 Å². The van der Waals surface area contributed by atoms with Crippen LogP contribution in [0.4, 0.5) is 0 Å². The highest BCUT2D eigenvalue weighted by Gasteiger charge is 2.32. The van der Waals surface area contributed by atoms with Crippen molar-refractivity contribution in [2.24, 2.45) is 5.73 Å². The molecule has 7 heteroatoms. The van der Waals surface area contributed by atoms with Crippen molar-refractivity contribution in [3.63, 3.8) is 0 Å². The summed E-state index contributed by atoms with van der Waals surface area (Å²) in [5.74, 6) is 0. The molecule has 1 fully saturated rings. The van der Waals surface area contributed by atoms with E-state index in [-0.39, 0.29) is 23.1 Å². The second-order valence-electron chi connectivity index (χ2n) is 5.57. The van der Waals surface area contributed by atoms with E-state index in [1.165, 1.54) is 6.07 Å². The monoisotopic (exact) mass is 299 g/mol. The minimum absolute atomic E-state index is 0.0936. The zero-order chi connectivity index (χ0) is 14.8. The molecule has 6 nitrogen and oxygen atoms in total. The maximum atomic E-state index is 12.4. The topological polar surface area (TPSA) is 94.3 Å². The Bertz CT molecular complexity index is 572. The normalized spacial score (nSPS) is 22.6. The zero-order valence-electron chi connectivity index (χ0n) is 11.8. The van der Waals surface area contributed by atoms with Crippen molar-refractivity contribution < 1.29 is 13.2 Å². The number of aromatic nitrogens is 1. The van der Waals surface area contributed by atoms with Crippen LogP contribution in [0, 0.1) is 0 Å². The molecule has 3 N–H and O–H groups in total. The quantitative estimate of drug-likeness (QED) is 0.856. The van der Waals surface area contributed by atoms with Gasteiger partial charge in [0.1, 0.15) is 4.90 Å². The third-order valence-electron chi connectivity index (χ3n) is 3.35. The molecule has 1 aliphatic rings. The number of hydrogen-bond donors (Lipinski definition) is 2. The van der Waals surface area contributed by atoms with Crippen LogP contribution in [-0.2, 0) is 21.3 Å². The molecule has 0 amide bonds. The lowest BCUT2D eigenvalue weighted by atomic mass is 9.95. The molecule has 0 spiro atoms. The highest BCUT2D eigenvalue weighted by atomic mass is 32.2. The van der Waals surface area contributed by atoms with E-state index in [2.05, 4.69) is 9.71 Å². The average molecular weight is 299 g/mol. The summed E-state index contributed by atoms with van der Waals surface area (Å²) in [7, 11) is -3.60. The summed E-state index contributed by atoms with van der Waals surface area (Å²) in [6, 6.07) is 3.00. The fourth-order valence-electron chi connectivity index (χ4n) is 2.44. The summed E-state index contributed by atoms with van der Waals surface area (Å²) in [6.07, 6.45) is 2.85. The van der Waals surface area contributed by atoms with Crippen LogP contribution >= 0.6 is 0 Å². The lowest BCUT2D eigenvalue weighted by molar-refractivity contribution is -0.0599. The van der Waals surface area contributed by atoms with Crippen molar-refractivity contribution >= 4 is 10.0 Å². The van der Waals surface area contributed by atoms with Gasteiger partial charge in [-0.25, -0.2) is 13.1 Å². The van der Waals surface area contributed by atoms with Crippen molar-refractivity contribution in [2.45, 2.75) is 49.8 Å². The maximum Gasteiger partial charge on any atom is 0.242 e. The van der Waals surface area contributed by atoms with E-state index in [0.29, 0.717) is 25.1 Å². The molecule has 0 bridgehead atoms. The van der Waals surface area contributed by atoms with Gasteiger partial charge in [0.2, 0.25) is 10.0 Å². The lowest BCUT2D eigenvalue weighted by Gasteiger charge is -2.35. The van der Waals surface area contributed by atoms with Crippen LogP contribution < -0.4 is 10.5 Å². The van der Waals surface area contributed by atoms with Gasteiger partial charge in [0.05, 0.1) is 11.3 Å². The van der Waals surface area contributed by atoms with Crippen molar-refractivity contribution in [3.8, 4) is 0 Å². The summed E-state index contributed by atoms with van der Waals surface area (Å²) in [5.41, 5.74) is 5.62. The van der Waals surface area contributed by atoms with Crippen LogP contribution in [0.5, 0.6) is 0 Å². The van der Waals surface area contributed by atoms with Gasteiger partial charge in [-0.1, -0.05) is 0 Å². The number of ether oxygens (including phenoxy) is 1. The second kappa shape index (κ2) is 5.77. The number of nitrogens with two attached hydrogens (primary N) is 1. The maximum absolute atomic E-state index is 12.4. The summed E-state index contributed by atoms with van der Waals surface area (Å²) in [4.78, 5) is 4.18. The molecule has 20 heavy (non-hydrogen) atoms. The largest absolute Gasteiger partial charge is 0.375 e. The Labute approximate surface area is 119 Å². The molecule has 0 radical (unpaired) electrons. The third kappa shape index (κ3) is 3.54. The van der Waals surface area contributed by atoms with E-state index in [1.807, 2.05) is 13.8 Å². The number of sulfonamides is 1. The smallest absolute Gasteiger partial charge is 0.242 e. The number of hydrogen-bond acceptors (Lipinski definition) is 5. The molecule has 1 saturated heterocycles. The van der Waals surface area contributed by atoms with E-state index in [0.717, 1.165) is 0 Å². The van der Waals surface area contributed by atoms with E-state index in [1.54, 1.807) is 12.3 Å². The van der Waals surface area contributed by atoms with Crippen LogP contribution in [0.3, 0.4) is 0 Å². The molecule has 1 aromatic rings. The van der Waals surface area contributed by atoms with Crippen LogP contribution in [0.15, 0.2) is 23.2 Å². The first-order valence-electron chi connectivity index (χ1n) is 6.64. The summed E-state index contributed by atoms with van der Waals surface area (Å²) in [5, 5.41) is 0. The molecule has 0 saturated carbocycles. The molecule has 0 aliphatic carbocycles. The van der Waals surface area contributed by atoms with Crippen molar-refractivity contribution in [3.05, 3.63) is 24.0 Å². The van der Waals surface area contributed by atoms with E-state index in [4.69, 9.17) is 10.5 Å². The molecule has 1 atom stereocenters. The Morgan fingerprint density at radius 2 is 2.30 bits per heavy atom. The van der Waals surface area contributed by atoms with Crippen LogP contribution in [0.25, 0.3) is 0 Å². The Morgan fingerprint density at radius 1 is 1.55 bits per heavy atom. The Morgan fingerprint density at radius 3 is 2.95 bits per heavy atom. The van der Waals surface area contributed by atoms with Crippen LogP contribution in [0.2, 0.25) is 0 Å². The molecule has 1 unspecified atom stereocenters. The van der Waals surface area contributed by atoms with Gasteiger partial charge in [-0.05, 0) is 38.8 Å². The number of pyridine rings is 1. The van der Waals surface area contributed by atoms with Gasteiger partial charge in [0.15, 0.2) is 0 Å². The van der Waals surface area contributed by atoms with Crippen molar-refractivity contribution in [1.82, 2.24) is 9.71 Å². The second-order valence-corrected chi connectivity index (χ2v) is 7.25. The first-order chi connectivity index (χ1) is 9.34. The van der Waals surface area contributed by atoms with Gasteiger partial charge < -0.3 is 10.5 Å². The number of nitrogens with one attached hydrogen (secondary N) is 1. The Hall–Kier alpha value is -1.02. The summed E-state index contributed by atoms with van der Waals surface area (Å²) >= 11 is 0. The summed E-state index contributed by atoms with van der Waals surface area (Å²) < 4.78 is 33.2. The molecule has 112 valence electrons. The van der Waals surface area contributed by atoms with Gasteiger partial charge in [0.25, 0.3) is 0 Å². The third-order valence-corrected chi connectivity index (χ3v) is 4.94. The fourth-order valence-corrected chi connectivity index (χ4v) is 3.91. The summed E-state index contributed by atoms with van der Waals surface area (Å²) in [6.45, 7) is 4.57. The van der Waals surface area contributed by atoms with E-state index in [9.17, 15) is 8.42 Å². The van der Waals surface area contributed by atoms with Crippen molar-refractivity contribution in [1.29, 1.82) is 0 Å². The standard InChI is InChI=1S/C13H21N3O3S/c1-13(2)8-10(5-7-19-13)16-20(17,18)12-4-3-6-15-11(12)9-14/h3-4,6,10,16H,5,7-9,14H2,1-2H3. The van der Waals surface area contributed by atoms with E-state index >= 15 is 0 Å². The number of nitrogens with zero attached hydrogens (tertiary/aromatic N) is 1. The van der Waals surface area contributed by atoms with Gasteiger partial charge >= 0.3 is 0 Å². The molecule has 2 heterocycles. The molecular formula is C13H21N3O3S. The molecule has 2 rings (SSSR count). The SMILES string of the molecule is CC1(C)CC(NS(=O)(=O)c2cccnc2CN)CCO1. The van der Waals surface area contributed by atoms with Crippen LogP contribution in [0.1, 0.15) is 32.4 Å². The zero-order valence-corrected chi connectivity index (χ0v) is 12.6. The fraction of sp³-hybridized carbons (Fsp3) is 0.615. The van der Waals surface area contributed by atoms with E-state index < -0.39 is 10.0 Å². The van der Waals surface area contributed by atoms with Gasteiger partial charge in [-0.2, -0.15) is 0 Å². The van der Waals surface area contributed by atoms with Crippen LogP contribution in [-0.4, -0.2) is 31.7 Å². The molecule has 1 aromatic heterocycles. The first kappa shape index (κ1) is 15.4. The minimum atomic E-state index is -3.60. The number of rotatable bonds is 4. The highest BCUT2D eigenvalue weighted by molar-refractivity contribution is 7.89. The predicted octanol–water partition coefficient (Wildman–Crippen LogP) is 0.776. The molecule has 1 aliphatic heterocycles.